The van der Waals surface area contributed by atoms with Gasteiger partial charge in [-0.3, -0.25) is 9.59 Å². The molecule has 2 aliphatic rings. The Morgan fingerprint density at radius 1 is 0.926 bits per heavy atom. The number of carbonyl (C=O) groups excluding carboxylic acids is 2. The summed E-state index contributed by atoms with van der Waals surface area (Å²) in [5.41, 5.74) is 5.79. The predicted molar refractivity (Wildman–Crippen MR) is 113 cm³/mol. The molecular formula is C25H32O2. The highest BCUT2D eigenvalue weighted by molar-refractivity contribution is 6.25. The highest BCUT2D eigenvalue weighted by Gasteiger charge is 2.26. The van der Waals surface area contributed by atoms with E-state index in [4.69, 9.17) is 0 Å². The molecule has 0 saturated heterocycles. The van der Waals surface area contributed by atoms with Crippen molar-refractivity contribution in [3.8, 4) is 0 Å². The molecule has 0 radical (unpaired) electrons. The van der Waals surface area contributed by atoms with E-state index >= 15 is 0 Å². The Bertz CT molecular complexity index is 774. The molecule has 0 bridgehead atoms. The Morgan fingerprint density at radius 2 is 1.56 bits per heavy atom. The molecule has 2 nitrogen and oxygen atoms in total. The summed E-state index contributed by atoms with van der Waals surface area (Å²) >= 11 is 0. The van der Waals surface area contributed by atoms with Gasteiger partial charge in [0.1, 0.15) is 0 Å². The Kier molecular flexibility index (Phi) is 7.12. The van der Waals surface area contributed by atoms with Crippen LogP contribution in [0.5, 0.6) is 0 Å². The lowest BCUT2D eigenvalue weighted by molar-refractivity contribution is -0.116. The smallest absolute Gasteiger partial charge is 0.166 e. The number of ketones is 2. The molecule has 0 heterocycles. The van der Waals surface area contributed by atoms with Gasteiger partial charge >= 0.3 is 0 Å². The van der Waals surface area contributed by atoms with Crippen LogP contribution in [0.2, 0.25) is 0 Å². The molecule has 1 saturated carbocycles. The van der Waals surface area contributed by atoms with Crippen molar-refractivity contribution >= 4 is 11.6 Å². The maximum absolute atomic E-state index is 11.6. The zero-order chi connectivity index (χ0) is 20.0. The zero-order valence-corrected chi connectivity index (χ0v) is 17.4. The van der Waals surface area contributed by atoms with Crippen LogP contribution in [-0.4, -0.2) is 11.6 Å². The van der Waals surface area contributed by atoms with Crippen molar-refractivity contribution < 1.29 is 9.59 Å². The maximum Gasteiger partial charge on any atom is 0.166 e. The fourth-order valence-electron chi connectivity index (χ4n) is 3.74. The van der Waals surface area contributed by atoms with Crippen LogP contribution in [-0.2, 0) is 9.59 Å². The molecule has 1 fully saturated rings. The third kappa shape index (κ3) is 5.89. The van der Waals surface area contributed by atoms with Crippen LogP contribution in [0.4, 0.5) is 0 Å². The van der Waals surface area contributed by atoms with Crippen molar-refractivity contribution in [1.82, 2.24) is 0 Å². The second kappa shape index (κ2) is 9.12. The minimum Gasteiger partial charge on any atom is -0.294 e. The van der Waals surface area contributed by atoms with Gasteiger partial charge in [0.25, 0.3) is 0 Å². The summed E-state index contributed by atoms with van der Waals surface area (Å²) in [5.74, 6) is -0.0757. The number of hydrogen-bond donors (Lipinski definition) is 0. The molecule has 0 aromatic carbocycles. The molecule has 2 heteroatoms. The van der Waals surface area contributed by atoms with E-state index in [9.17, 15) is 9.59 Å². The minimum absolute atomic E-state index is 0.0378. The van der Waals surface area contributed by atoms with E-state index < -0.39 is 0 Å². The van der Waals surface area contributed by atoms with Gasteiger partial charge in [0, 0.05) is 12.8 Å². The van der Waals surface area contributed by atoms with Crippen LogP contribution in [0, 0.1) is 5.41 Å². The molecule has 0 spiro atoms. The quantitative estimate of drug-likeness (QED) is 0.322. The van der Waals surface area contributed by atoms with Gasteiger partial charge in [0.15, 0.2) is 11.6 Å². The van der Waals surface area contributed by atoms with Crippen molar-refractivity contribution in [3.05, 3.63) is 70.4 Å². The largest absolute Gasteiger partial charge is 0.294 e. The number of hydrogen-bond acceptors (Lipinski definition) is 2. The lowest BCUT2D eigenvalue weighted by Gasteiger charge is -2.32. The molecule has 0 unspecified atom stereocenters. The molecule has 0 atom stereocenters. The first-order chi connectivity index (χ1) is 12.7. The zero-order valence-electron chi connectivity index (χ0n) is 17.4. The summed E-state index contributed by atoms with van der Waals surface area (Å²) in [7, 11) is 0. The van der Waals surface area contributed by atoms with Crippen molar-refractivity contribution in [2.45, 2.75) is 66.7 Å². The van der Waals surface area contributed by atoms with Crippen LogP contribution in [0.1, 0.15) is 66.7 Å². The molecule has 0 N–H and O–H groups in total. The van der Waals surface area contributed by atoms with E-state index in [2.05, 4.69) is 45.9 Å². The fraction of sp³-hybridized carbons (Fsp3) is 0.440. The standard InChI is InChI=1S/C25H32O2/c1-18(11-13-21-23(26)15-16-24(21)27)8-6-9-19(2)12-14-22-20(3)10-7-17-25(22,4)5/h6,8-9,11-14H,7,10,15-17H2,1-5H3/b8-6+,14-12+,18-11+,19-9+. The van der Waals surface area contributed by atoms with Crippen LogP contribution < -0.4 is 0 Å². The summed E-state index contributed by atoms with van der Waals surface area (Å²) in [5, 5.41) is 0. The van der Waals surface area contributed by atoms with Gasteiger partial charge in [-0.05, 0) is 57.1 Å². The summed E-state index contributed by atoms with van der Waals surface area (Å²) in [6.45, 7) is 11.0. The van der Waals surface area contributed by atoms with E-state index in [-0.39, 0.29) is 17.0 Å². The third-order valence-corrected chi connectivity index (χ3v) is 5.47. The second-order valence-corrected chi connectivity index (χ2v) is 8.37. The SMILES string of the molecule is CC1=C(/C=C/C(C)=C/C=C/C(C)=C/C=C2C(=O)CCC2=O)C(C)(C)CCC1. The summed E-state index contributed by atoms with van der Waals surface area (Å²) < 4.78 is 0. The van der Waals surface area contributed by atoms with E-state index in [1.54, 1.807) is 6.08 Å². The van der Waals surface area contributed by atoms with Crippen LogP contribution in [0.15, 0.2) is 70.4 Å². The van der Waals surface area contributed by atoms with Gasteiger partial charge in [-0.1, -0.05) is 67.0 Å². The summed E-state index contributed by atoms with van der Waals surface area (Å²) in [6.07, 6.45) is 18.5. The van der Waals surface area contributed by atoms with Gasteiger partial charge < -0.3 is 0 Å². The van der Waals surface area contributed by atoms with Crippen LogP contribution >= 0.6 is 0 Å². The molecule has 27 heavy (non-hydrogen) atoms. The minimum atomic E-state index is -0.0378. The van der Waals surface area contributed by atoms with E-state index in [0.29, 0.717) is 18.4 Å². The molecule has 2 aliphatic carbocycles. The Balaban J connectivity index is 2.02. The number of rotatable bonds is 5. The molecule has 0 aromatic rings. The molecule has 0 aromatic heterocycles. The van der Waals surface area contributed by atoms with Gasteiger partial charge in [-0.25, -0.2) is 0 Å². The van der Waals surface area contributed by atoms with Gasteiger partial charge in [0.05, 0.1) is 5.57 Å². The summed E-state index contributed by atoms with van der Waals surface area (Å²) in [4.78, 5) is 23.2. The van der Waals surface area contributed by atoms with Crippen molar-refractivity contribution in [1.29, 1.82) is 0 Å². The molecule has 2 rings (SSSR count). The third-order valence-electron chi connectivity index (χ3n) is 5.47. The average molecular weight is 365 g/mol. The Labute approximate surface area is 164 Å². The van der Waals surface area contributed by atoms with Crippen molar-refractivity contribution in [2.75, 3.05) is 0 Å². The lowest BCUT2D eigenvalue weighted by Crippen LogP contribution is -2.19. The van der Waals surface area contributed by atoms with Crippen LogP contribution in [0.25, 0.3) is 0 Å². The van der Waals surface area contributed by atoms with Gasteiger partial charge in [-0.2, -0.15) is 0 Å². The van der Waals surface area contributed by atoms with Gasteiger partial charge in [0.2, 0.25) is 0 Å². The summed E-state index contributed by atoms with van der Waals surface area (Å²) in [6, 6.07) is 0. The van der Waals surface area contributed by atoms with Crippen molar-refractivity contribution in [2.24, 2.45) is 5.41 Å². The topological polar surface area (TPSA) is 34.1 Å². The maximum atomic E-state index is 11.6. The second-order valence-electron chi connectivity index (χ2n) is 8.37. The number of carbonyl (C=O) groups is 2. The number of allylic oxidation sites excluding steroid dienone is 12. The molecule has 144 valence electrons. The van der Waals surface area contributed by atoms with Gasteiger partial charge in [-0.15, -0.1) is 0 Å². The highest BCUT2D eigenvalue weighted by Crippen LogP contribution is 2.40. The first-order valence-electron chi connectivity index (χ1n) is 9.89. The Hall–Kier alpha value is -2.22. The monoisotopic (exact) mass is 364 g/mol. The Morgan fingerprint density at radius 3 is 2.19 bits per heavy atom. The van der Waals surface area contributed by atoms with E-state index in [1.165, 1.54) is 36.0 Å². The van der Waals surface area contributed by atoms with E-state index in [1.807, 2.05) is 25.2 Å². The van der Waals surface area contributed by atoms with Crippen LogP contribution in [0.3, 0.4) is 0 Å². The first kappa shape index (κ1) is 21.1. The highest BCUT2D eigenvalue weighted by atomic mass is 16.2. The first-order valence-corrected chi connectivity index (χ1v) is 9.89. The van der Waals surface area contributed by atoms with E-state index in [0.717, 1.165) is 5.57 Å². The molecular weight excluding hydrogens is 332 g/mol. The van der Waals surface area contributed by atoms with Crippen molar-refractivity contribution in [3.63, 3.8) is 0 Å². The average Bonchev–Trinajstić information content (AvgIpc) is 2.90. The molecule has 0 amide bonds. The lowest BCUT2D eigenvalue weighted by atomic mass is 9.72. The fourth-order valence-corrected chi connectivity index (χ4v) is 3.74. The predicted octanol–water partition coefficient (Wildman–Crippen LogP) is 6.38. The molecule has 0 aliphatic heterocycles. The normalized spacial score (nSPS) is 21.9. The number of Topliss-reactive ketones (excluding diaryl/α,β-unsaturated/α-hetero) is 2.